The number of pyridine rings is 2. The van der Waals surface area contributed by atoms with Gasteiger partial charge in [-0.2, -0.15) is 0 Å². The molecule has 0 unspecified atom stereocenters. The summed E-state index contributed by atoms with van der Waals surface area (Å²) in [6.45, 7) is 0. The zero-order valence-corrected chi connectivity index (χ0v) is 15.0. The molecule has 2 heterocycles. The van der Waals surface area contributed by atoms with Gasteiger partial charge in [-0.1, -0.05) is 12.1 Å². The SMILES string of the molecule is O=C(NC1CC2(CC2)C1)c1c(O)c2cc(-c3ccc(F)cc3)cnc2[nH]c1=O. The van der Waals surface area contributed by atoms with Gasteiger partial charge in [-0.05, 0) is 54.9 Å². The standard InChI is InChI=1S/C21H18FN3O3/c22-13-3-1-11(2-4-13)12-7-15-17(26)16(20(28)25-18(15)23-10-12)19(27)24-14-8-21(9-14)5-6-21/h1-4,7,10,14H,5-6,8-9H2,(H,24,27)(H2,23,25,26,28). The first-order valence-corrected chi connectivity index (χ1v) is 9.26. The van der Waals surface area contributed by atoms with Crippen LogP contribution in [-0.2, 0) is 0 Å². The van der Waals surface area contributed by atoms with Crippen molar-refractivity contribution in [1.29, 1.82) is 0 Å². The van der Waals surface area contributed by atoms with Crippen molar-refractivity contribution in [3.63, 3.8) is 0 Å². The fourth-order valence-corrected chi connectivity index (χ4v) is 4.10. The molecule has 7 heteroatoms. The summed E-state index contributed by atoms with van der Waals surface area (Å²) in [4.78, 5) is 31.7. The maximum atomic E-state index is 13.2. The number of H-pyrrole nitrogens is 1. The van der Waals surface area contributed by atoms with Gasteiger partial charge in [-0.15, -0.1) is 0 Å². The van der Waals surface area contributed by atoms with Gasteiger partial charge in [0.05, 0.1) is 5.39 Å². The lowest BCUT2D eigenvalue weighted by Crippen LogP contribution is -2.46. The summed E-state index contributed by atoms with van der Waals surface area (Å²) in [5.74, 6) is -1.32. The molecule has 2 aromatic heterocycles. The number of aromatic hydroxyl groups is 1. The molecular formula is C21H18FN3O3. The number of nitrogens with zero attached hydrogens (tertiary/aromatic N) is 1. The van der Waals surface area contributed by atoms with Gasteiger partial charge in [0.15, 0.2) is 0 Å². The monoisotopic (exact) mass is 379 g/mol. The Hall–Kier alpha value is -3.22. The van der Waals surface area contributed by atoms with Crippen LogP contribution in [0, 0.1) is 11.2 Å². The van der Waals surface area contributed by atoms with Gasteiger partial charge in [0.25, 0.3) is 11.5 Å². The molecule has 3 N–H and O–H groups in total. The highest BCUT2D eigenvalue weighted by molar-refractivity contribution is 6.02. The van der Waals surface area contributed by atoms with Crippen LogP contribution in [0.4, 0.5) is 4.39 Å². The van der Waals surface area contributed by atoms with E-state index in [2.05, 4.69) is 15.3 Å². The molecule has 0 bridgehead atoms. The number of carbonyl (C=O) groups is 1. The summed E-state index contributed by atoms with van der Waals surface area (Å²) < 4.78 is 13.2. The summed E-state index contributed by atoms with van der Waals surface area (Å²) in [6, 6.07) is 7.53. The highest BCUT2D eigenvalue weighted by atomic mass is 19.1. The van der Waals surface area contributed by atoms with E-state index in [9.17, 15) is 19.1 Å². The van der Waals surface area contributed by atoms with E-state index in [0.29, 0.717) is 16.5 Å². The lowest BCUT2D eigenvalue weighted by Gasteiger charge is -2.36. The van der Waals surface area contributed by atoms with E-state index in [4.69, 9.17) is 0 Å². The van der Waals surface area contributed by atoms with E-state index in [0.717, 1.165) is 12.8 Å². The number of nitrogens with one attached hydrogen (secondary N) is 2. The van der Waals surface area contributed by atoms with Crippen molar-refractivity contribution in [3.05, 3.63) is 58.3 Å². The minimum absolute atomic E-state index is 0.0492. The van der Waals surface area contributed by atoms with Gasteiger partial charge in [0.2, 0.25) is 0 Å². The van der Waals surface area contributed by atoms with Crippen molar-refractivity contribution >= 4 is 16.9 Å². The van der Waals surface area contributed by atoms with Crippen LogP contribution in [-0.4, -0.2) is 27.0 Å². The smallest absolute Gasteiger partial charge is 0.266 e. The Balaban J connectivity index is 1.51. The Morgan fingerprint density at radius 1 is 1.21 bits per heavy atom. The number of hydrogen-bond acceptors (Lipinski definition) is 4. The van der Waals surface area contributed by atoms with Gasteiger partial charge in [0, 0.05) is 17.8 Å². The minimum Gasteiger partial charge on any atom is -0.506 e. The molecule has 2 aliphatic carbocycles. The molecule has 2 aliphatic rings. The highest BCUT2D eigenvalue weighted by Gasteiger charge is 2.53. The van der Waals surface area contributed by atoms with Crippen molar-refractivity contribution in [3.8, 4) is 16.9 Å². The summed E-state index contributed by atoms with van der Waals surface area (Å²) in [5.41, 5.74) is 0.967. The second-order valence-electron chi connectivity index (χ2n) is 7.88. The number of aromatic amines is 1. The van der Waals surface area contributed by atoms with Crippen LogP contribution in [0.1, 0.15) is 36.0 Å². The van der Waals surface area contributed by atoms with Crippen LogP contribution in [0.25, 0.3) is 22.2 Å². The number of carbonyl (C=O) groups excluding carboxylic acids is 1. The first-order valence-electron chi connectivity index (χ1n) is 9.26. The number of fused-ring (bicyclic) bond motifs is 1. The lowest BCUT2D eigenvalue weighted by molar-refractivity contribution is 0.0873. The molecule has 2 saturated carbocycles. The first kappa shape index (κ1) is 16.9. The Labute approximate surface area is 159 Å². The van der Waals surface area contributed by atoms with Crippen molar-refractivity contribution in [2.45, 2.75) is 31.7 Å². The fraction of sp³-hybridized carbons (Fsp3) is 0.286. The number of halogens is 1. The molecule has 3 aromatic rings. The molecule has 28 heavy (non-hydrogen) atoms. The van der Waals surface area contributed by atoms with Crippen molar-refractivity contribution in [1.82, 2.24) is 15.3 Å². The molecule has 1 aromatic carbocycles. The molecule has 1 amide bonds. The number of hydrogen-bond donors (Lipinski definition) is 3. The minimum atomic E-state index is -0.676. The Morgan fingerprint density at radius 2 is 1.93 bits per heavy atom. The van der Waals surface area contributed by atoms with Gasteiger partial charge in [0.1, 0.15) is 22.8 Å². The van der Waals surface area contributed by atoms with E-state index >= 15 is 0 Å². The van der Waals surface area contributed by atoms with Crippen molar-refractivity contribution < 1.29 is 14.3 Å². The van der Waals surface area contributed by atoms with E-state index in [1.54, 1.807) is 18.2 Å². The van der Waals surface area contributed by atoms with Gasteiger partial charge in [-0.25, -0.2) is 9.37 Å². The van der Waals surface area contributed by atoms with E-state index in [1.165, 1.54) is 31.2 Å². The number of amides is 1. The average molecular weight is 379 g/mol. The molecule has 0 atom stereocenters. The molecule has 5 rings (SSSR count). The largest absolute Gasteiger partial charge is 0.506 e. The quantitative estimate of drug-likeness (QED) is 0.652. The average Bonchev–Trinajstić information content (AvgIpc) is 3.43. The summed E-state index contributed by atoms with van der Waals surface area (Å²) in [5, 5.41) is 13.8. The van der Waals surface area contributed by atoms with Gasteiger partial charge in [-0.3, -0.25) is 9.59 Å². The Morgan fingerprint density at radius 3 is 2.61 bits per heavy atom. The predicted octanol–water partition coefficient (Wildman–Crippen LogP) is 3.11. The highest BCUT2D eigenvalue weighted by Crippen LogP contribution is 2.60. The van der Waals surface area contributed by atoms with Crippen molar-refractivity contribution in [2.75, 3.05) is 0 Å². The molecule has 142 valence electrons. The van der Waals surface area contributed by atoms with Crippen LogP contribution in [0.3, 0.4) is 0 Å². The molecular weight excluding hydrogens is 361 g/mol. The summed E-state index contributed by atoms with van der Waals surface area (Å²) in [6.07, 6.45) is 5.80. The maximum Gasteiger partial charge on any atom is 0.266 e. The number of rotatable bonds is 3. The zero-order chi connectivity index (χ0) is 19.5. The molecule has 0 aliphatic heterocycles. The lowest BCUT2D eigenvalue weighted by atomic mass is 9.77. The molecule has 2 fully saturated rings. The second-order valence-corrected chi connectivity index (χ2v) is 7.88. The zero-order valence-electron chi connectivity index (χ0n) is 15.0. The van der Waals surface area contributed by atoms with E-state index < -0.39 is 17.2 Å². The second kappa shape index (κ2) is 5.89. The Kier molecular flexibility index (Phi) is 3.56. The van der Waals surface area contributed by atoms with Crippen LogP contribution in [0.2, 0.25) is 0 Å². The van der Waals surface area contributed by atoms with Gasteiger partial charge < -0.3 is 15.4 Å². The van der Waals surface area contributed by atoms with Crippen molar-refractivity contribution in [2.24, 2.45) is 5.41 Å². The maximum absolute atomic E-state index is 13.2. The molecule has 0 radical (unpaired) electrons. The van der Waals surface area contributed by atoms with Crippen LogP contribution in [0.5, 0.6) is 5.75 Å². The first-order chi connectivity index (χ1) is 13.4. The Bertz CT molecular complexity index is 1160. The molecule has 0 saturated heterocycles. The van der Waals surface area contributed by atoms with Crippen LogP contribution >= 0.6 is 0 Å². The van der Waals surface area contributed by atoms with Crippen LogP contribution in [0.15, 0.2) is 41.3 Å². The third-order valence-corrected chi connectivity index (χ3v) is 5.89. The predicted molar refractivity (Wildman–Crippen MR) is 102 cm³/mol. The number of aromatic nitrogens is 2. The molecule has 6 nitrogen and oxygen atoms in total. The summed E-state index contributed by atoms with van der Waals surface area (Å²) in [7, 11) is 0. The molecule has 1 spiro atoms. The normalized spacial score (nSPS) is 17.5. The topological polar surface area (TPSA) is 95.1 Å². The van der Waals surface area contributed by atoms with Crippen LogP contribution < -0.4 is 10.9 Å². The van der Waals surface area contributed by atoms with E-state index in [-0.39, 0.29) is 28.5 Å². The summed E-state index contributed by atoms with van der Waals surface area (Å²) >= 11 is 0. The van der Waals surface area contributed by atoms with Gasteiger partial charge >= 0.3 is 0 Å². The van der Waals surface area contributed by atoms with E-state index in [1.807, 2.05) is 0 Å². The third kappa shape index (κ3) is 2.74. The third-order valence-electron chi connectivity index (χ3n) is 5.89. The number of benzene rings is 1. The fourth-order valence-electron chi connectivity index (χ4n) is 4.10.